The molecule has 0 aliphatic heterocycles. The third kappa shape index (κ3) is 2.03. The Hall–Kier alpha value is -0.195. The van der Waals surface area contributed by atoms with E-state index >= 15 is 0 Å². The first-order chi connectivity index (χ1) is 9.34. The van der Waals surface area contributed by atoms with Crippen molar-refractivity contribution in [2.24, 2.45) is 35.5 Å². The average molecular weight is 254 g/mol. The monoisotopic (exact) mass is 254 g/mol. The van der Waals surface area contributed by atoms with Crippen molar-refractivity contribution in [3.8, 4) is 0 Å². The van der Waals surface area contributed by atoms with Crippen LogP contribution in [0.5, 0.6) is 0 Å². The van der Waals surface area contributed by atoms with E-state index in [1.807, 2.05) is 0 Å². The Kier molecular flexibility index (Phi) is 3.28. The molecule has 4 rings (SSSR count). The summed E-state index contributed by atoms with van der Waals surface area (Å²) in [5.41, 5.74) is 0. The van der Waals surface area contributed by atoms with Crippen LogP contribution >= 0.6 is 0 Å². The highest BCUT2D eigenvalue weighted by atomic mass is 14.5. The van der Waals surface area contributed by atoms with E-state index in [2.05, 4.69) is 12.2 Å². The number of hydrogen-bond donors (Lipinski definition) is 0. The maximum absolute atomic E-state index is 6.59. The van der Waals surface area contributed by atoms with Crippen LogP contribution in [-0.2, 0) is 0 Å². The van der Waals surface area contributed by atoms with Gasteiger partial charge in [0.25, 0.3) is 0 Å². The lowest BCUT2D eigenvalue weighted by Gasteiger charge is -2.54. The van der Waals surface area contributed by atoms with Gasteiger partial charge < -0.3 is 0 Å². The number of hydrogen-bond acceptors (Lipinski definition) is 0. The summed E-state index contributed by atoms with van der Waals surface area (Å²) in [7, 11) is 6.59. The summed E-state index contributed by atoms with van der Waals surface area (Å²) >= 11 is 0. The second-order valence-electron chi connectivity index (χ2n) is 7.75. The molecular formula is C18H27B. The Bertz CT molecular complexity index is 361. The molecule has 1 heteroatoms. The minimum atomic E-state index is 0.514. The van der Waals surface area contributed by atoms with Crippen LogP contribution < -0.4 is 0 Å². The fraction of sp³-hybridized carbons (Fsp3) is 0.889. The topological polar surface area (TPSA) is 0 Å². The molecule has 2 radical (unpaired) electrons. The van der Waals surface area contributed by atoms with Crippen molar-refractivity contribution in [1.29, 1.82) is 0 Å². The number of fused-ring (bicyclic) bond motifs is 5. The molecule has 7 atom stereocenters. The highest BCUT2D eigenvalue weighted by Gasteiger charge is 2.47. The van der Waals surface area contributed by atoms with Crippen molar-refractivity contribution in [1.82, 2.24) is 0 Å². The predicted molar refractivity (Wildman–Crippen MR) is 81.1 cm³/mol. The van der Waals surface area contributed by atoms with Crippen molar-refractivity contribution in [3.05, 3.63) is 12.2 Å². The van der Waals surface area contributed by atoms with Gasteiger partial charge in [0.2, 0.25) is 0 Å². The van der Waals surface area contributed by atoms with E-state index < -0.39 is 0 Å². The molecule has 3 fully saturated rings. The zero-order valence-electron chi connectivity index (χ0n) is 12.1. The standard InChI is InChI=1S/C18H27B/c19-18-11-17-13-6-2-1-5-12(13)9-10-15(17)14-7-3-4-8-16(14)18/h9-10,12-18H,1-8,11H2. The van der Waals surface area contributed by atoms with Gasteiger partial charge >= 0.3 is 0 Å². The second-order valence-corrected chi connectivity index (χ2v) is 7.75. The molecule has 0 amide bonds. The molecule has 0 aromatic rings. The van der Waals surface area contributed by atoms with Gasteiger partial charge in [0, 0.05) is 0 Å². The first-order valence-electron chi connectivity index (χ1n) is 8.78. The Morgan fingerprint density at radius 1 is 0.684 bits per heavy atom. The van der Waals surface area contributed by atoms with Gasteiger partial charge in [-0.25, -0.2) is 0 Å². The number of allylic oxidation sites excluding steroid dienone is 2. The van der Waals surface area contributed by atoms with E-state index in [4.69, 9.17) is 7.85 Å². The highest BCUT2D eigenvalue weighted by molar-refractivity contribution is 6.11. The van der Waals surface area contributed by atoms with Crippen molar-refractivity contribution in [3.63, 3.8) is 0 Å². The van der Waals surface area contributed by atoms with E-state index in [0.717, 1.165) is 35.5 Å². The molecule has 4 aliphatic rings. The summed E-state index contributed by atoms with van der Waals surface area (Å²) in [6.45, 7) is 0. The molecular weight excluding hydrogens is 227 g/mol. The molecule has 102 valence electrons. The quantitative estimate of drug-likeness (QED) is 0.432. The molecule has 4 aliphatic carbocycles. The minimum absolute atomic E-state index is 0.514. The summed E-state index contributed by atoms with van der Waals surface area (Å²) in [5, 5.41) is 0. The highest BCUT2D eigenvalue weighted by Crippen LogP contribution is 2.57. The fourth-order valence-corrected chi connectivity index (χ4v) is 6.14. The largest absolute Gasteiger partial charge is 0.0848 e. The Labute approximate surface area is 119 Å². The summed E-state index contributed by atoms with van der Waals surface area (Å²) < 4.78 is 0. The van der Waals surface area contributed by atoms with E-state index in [9.17, 15) is 0 Å². The molecule has 0 heterocycles. The second kappa shape index (κ2) is 4.97. The van der Waals surface area contributed by atoms with Crippen molar-refractivity contribution < 1.29 is 0 Å². The molecule has 0 spiro atoms. The van der Waals surface area contributed by atoms with Gasteiger partial charge in [-0.15, -0.1) is 0 Å². The van der Waals surface area contributed by atoms with Crippen LogP contribution in [0.25, 0.3) is 0 Å². The lowest BCUT2D eigenvalue weighted by Crippen LogP contribution is -2.45. The Morgan fingerprint density at radius 2 is 1.37 bits per heavy atom. The molecule has 0 saturated heterocycles. The normalized spacial score (nSPS) is 52.9. The molecule has 0 bridgehead atoms. The number of rotatable bonds is 0. The van der Waals surface area contributed by atoms with Crippen LogP contribution in [0.4, 0.5) is 0 Å². The zero-order valence-corrected chi connectivity index (χ0v) is 12.1. The smallest absolute Gasteiger partial charge is 0.0703 e. The van der Waals surface area contributed by atoms with E-state index in [0.29, 0.717) is 5.82 Å². The van der Waals surface area contributed by atoms with Gasteiger partial charge in [-0.2, -0.15) is 0 Å². The van der Waals surface area contributed by atoms with Crippen LogP contribution in [0, 0.1) is 35.5 Å². The van der Waals surface area contributed by atoms with Gasteiger partial charge in [-0.3, -0.25) is 0 Å². The fourth-order valence-electron chi connectivity index (χ4n) is 6.14. The minimum Gasteiger partial charge on any atom is -0.0848 e. The summed E-state index contributed by atoms with van der Waals surface area (Å²) in [5.74, 6) is 6.01. The van der Waals surface area contributed by atoms with Gasteiger partial charge in [0.1, 0.15) is 0 Å². The summed E-state index contributed by atoms with van der Waals surface area (Å²) in [6, 6.07) is 0. The predicted octanol–water partition coefficient (Wildman–Crippen LogP) is 4.76. The van der Waals surface area contributed by atoms with Crippen LogP contribution in [0.1, 0.15) is 57.8 Å². The maximum Gasteiger partial charge on any atom is 0.0703 e. The zero-order chi connectivity index (χ0) is 12.8. The Balaban J connectivity index is 1.63. The van der Waals surface area contributed by atoms with Crippen LogP contribution in [0.3, 0.4) is 0 Å². The van der Waals surface area contributed by atoms with Crippen molar-refractivity contribution >= 4 is 7.85 Å². The SMILES string of the molecule is [B]C1CC2C(C=CC3CCCCC32)C2CCCCC12. The van der Waals surface area contributed by atoms with Gasteiger partial charge in [-0.05, 0) is 54.8 Å². The average Bonchev–Trinajstić information content (AvgIpc) is 2.47. The first kappa shape index (κ1) is 12.5. The molecule has 0 aromatic heterocycles. The van der Waals surface area contributed by atoms with Crippen LogP contribution in [0.2, 0.25) is 5.82 Å². The van der Waals surface area contributed by atoms with Crippen LogP contribution in [0.15, 0.2) is 12.2 Å². The summed E-state index contributed by atoms with van der Waals surface area (Å²) in [4.78, 5) is 0. The lowest BCUT2D eigenvalue weighted by atomic mass is 9.48. The van der Waals surface area contributed by atoms with Gasteiger partial charge in [-0.1, -0.05) is 56.5 Å². The van der Waals surface area contributed by atoms with E-state index in [-0.39, 0.29) is 0 Å². The maximum atomic E-state index is 6.59. The van der Waals surface area contributed by atoms with Gasteiger partial charge in [0.15, 0.2) is 0 Å². The molecule has 3 saturated carbocycles. The third-order valence-corrected chi connectivity index (χ3v) is 6.96. The van der Waals surface area contributed by atoms with Crippen molar-refractivity contribution in [2.45, 2.75) is 63.6 Å². The molecule has 0 aromatic carbocycles. The molecule has 0 nitrogen and oxygen atoms in total. The van der Waals surface area contributed by atoms with Crippen molar-refractivity contribution in [2.75, 3.05) is 0 Å². The van der Waals surface area contributed by atoms with E-state index in [1.165, 1.54) is 57.8 Å². The molecule has 7 unspecified atom stereocenters. The third-order valence-electron chi connectivity index (χ3n) is 6.96. The molecule has 0 N–H and O–H groups in total. The van der Waals surface area contributed by atoms with Crippen LogP contribution in [-0.4, -0.2) is 7.85 Å². The van der Waals surface area contributed by atoms with E-state index in [1.54, 1.807) is 0 Å². The van der Waals surface area contributed by atoms with Gasteiger partial charge in [0.05, 0.1) is 7.85 Å². The first-order valence-corrected chi connectivity index (χ1v) is 8.78. The summed E-state index contributed by atoms with van der Waals surface area (Å²) in [6.07, 6.45) is 18.2. The Morgan fingerprint density at radius 3 is 2.21 bits per heavy atom. The molecule has 19 heavy (non-hydrogen) atoms. The lowest BCUT2D eigenvalue weighted by molar-refractivity contribution is 0.0203.